The van der Waals surface area contributed by atoms with Gasteiger partial charge in [0.15, 0.2) is 17.4 Å². The molecule has 1 aliphatic carbocycles. The SMILES string of the molecule is CCNC(=NCc1ccc(C)cc1OCC1CC1)NCc1nnc2ccccn12.I. The fourth-order valence-electron chi connectivity index (χ4n) is 3.10. The van der Waals surface area contributed by atoms with Gasteiger partial charge in [-0.1, -0.05) is 18.2 Å². The standard InChI is InChI=1S/C22H28N6O.HI/c1-3-23-22(25-14-21-27-26-20-6-4-5-11-28(20)21)24-13-18-10-7-16(2)12-19(18)29-15-17-8-9-17;/h4-7,10-12,17H,3,8-9,13-15H2,1-2H3,(H2,23,24,25);1H. The third-order valence-electron chi connectivity index (χ3n) is 4.94. The molecule has 1 aromatic carbocycles. The van der Waals surface area contributed by atoms with Crippen molar-refractivity contribution in [2.24, 2.45) is 10.9 Å². The Morgan fingerprint density at radius 1 is 1.20 bits per heavy atom. The number of aliphatic imine (C=N–C) groups is 1. The average molecular weight is 520 g/mol. The van der Waals surface area contributed by atoms with Crippen LogP contribution in [-0.4, -0.2) is 33.7 Å². The van der Waals surface area contributed by atoms with Gasteiger partial charge in [-0.05, 0) is 56.4 Å². The number of halogens is 1. The summed E-state index contributed by atoms with van der Waals surface area (Å²) in [6.45, 7) is 6.82. The monoisotopic (exact) mass is 520 g/mol. The van der Waals surface area contributed by atoms with Crippen LogP contribution in [0, 0.1) is 12.8 Å². The van der Waals surface area contributed by atoms with Crippen molar-refractivity contribution in [3.63, 3.8) is 0 Å². The molecule has 1 saturated carbocycles. The number of guanidine groups is 1. The van der Waals surface area contributed by atoms with Crippen LogP contribution in [0.4, 0.5) is 0 Å². The number of ether oxygens (including phenoxy) is 1. The summed E-state index contributed by atoms with van der Waals surface area (Å²) in [7, 11) is 0. The minimum atomic E-state index is 0. The van der Waals surface area contributed by atoms with Crippen molar-refractivity contribution in [3.05, 3.63) is 59.5 Å². The Kier molecular flexibility index (Phi) is 7.89. The zero-order valence-electron chi connectivity index (χ0n) is 17.5. The van der Waals surface area contributed by atoms with Crippen LogP contribution in [0.1, 0.15) is 36.7 Å². The van der Waals surface area contributed by atoms with Gasteiger partial charge in [-0.3, -0.25) is 4.40 Å². The van der Waals surface area contributed by atoms with Crippen LogP contribution < -0.4 is 15.4 Å². The lowest BCUT2D eigenvalue weighted by Crippen LogP contribution is -2.37. The second-order valence-corrected chi connectivity index (χ2v) is 7.46. The summed E-state index contributed by atoms with van der Waals surface area (Å²) in [6.07, 6.45) is 4.53. The molecule has 0 spiro atoms. The maximum atomic E-state index is 6.07. The number of aryl methyl sites for hydroxylation is 1. The molecule has 0 atom stereocenters. The lowest BCUT2D eigenvalue weighted by atomic mass is 10.1. The van der Waals surface area contributed by atoms with E-state index in [0.717, 1.165) is 47.8 Å². The zero-order chi connectivity index (χ0) is 20.1. The summed E-state index contributed by atoms with van der Waals surface area (Å²) in [5.74, 6) is 3.26. The maximum absolute atomic E-state index is 6.07. The molecule has 2 heterocycles. The number of rotatable bonds is 8. The number of hydrogen-bond acceptors (Lipinski definition) is 4. The second-order valence-electron chi connectivity index (χ2n) is 7.46. The third-order valence-corrected chi connectivity index (χ3v) is 4.94. The first-order chi connectivity index (χ1) is 14.2. The highest BCUT2D eigenvalue weighted by Crippen LogP contribution is 2.30. The summed E-state index contributed by atoms with van der Waals surface area (Å²) in [4.78, 5) is 4.75. The van der Waals surface area contributed by atoms with Crippen LogP contribution in [0.15, 0.2) is 47.6 Å². The zero-order valence-corrected chi connectivity index (χ0v) is 19.8. The van der Waals surface area contributed by atoms with E-state index in [0.29, 0.717) is 13.1 Å². The molecule has 7 nitrogen and oxygen atoms in total. The van der Waals surface area contributed by atoms with Gasteiger partial charge in [0.25, 0.3) is 0 Å². The first-order valence-corrected chi connectivity index (χ1v) is 10.3. The average Bonchev–Trinajstić information content (AvgIpc) is 3.48. The molecule has 0 radical (unpaired) electrons. The van der Waals surface area contributed by atoms with Crippen molar-refractivity contribution in [1.29, 1.82) is 0 Å². The highest BCUT2D eigenvalue weighted by molar-refractivity contribution is 14.0. The molecule has 4 rings (SSSR count). The van der Waals surface area contributed by atoms with Gasteiger partial charge < -0.3 is 15.4 Å². The van der Waals surface area contributed by atoms with Gasteiger partial charge in [0, 0.05) is 18.3 Å². The highest BCUT2D eigenvalue weighted by Gasteiger charge is 2.22. The molecule has 0 amide bonds. The largest absolute Gasteiger partial charge is 0.493 e. The Balaban J connectivity index is 0.00000256. The van der Waals surface area contributed by atoms with Gasteiger partial charge in [-0.25, -0.2) is 4.99 Å². The van der Waals surface area contributed by atoms with Crippen molar-refractivity contribution in [3.8, 4) is 5.75 Å². The predicted octanol–water partition coefficient (Wildman–Crippen LogP) is 3.70. The Labute approximate surface area is 194 Å². The van der Waals surface area contributed by atoms with Crippen molar-refractivity contribution >= 4 is 35.6 Å². The van der Waals surface area contributed by atoms with E-state index in [1.807, 2.05) is 28.8 Å². The first kappa shape index (κ1) is 22.3. The molecule has 1 aliphatic rings. The molecular formula is C22H29IN6O. The number of nitrogens with zero attached hydrogens (tertiary/aromatic N) is 4. The van der Waals surface area contributed by atoms with E-state index in [2.05, 4.69) is 52.9 Å². The van der Waals surface area contributed by atoms with E-state index in [1.54, 1.807) is 0 Å². The van der Waals surface area contributed by atoms with Gasteiger partial charge in [-0.2, -0.15) is 0 Å². The second kappa shape index (κ2) is 10.6. The minimum Gasteiger partial charge on any atom is -0.493 e. The number of hydrogen-bond donors (Lipinski definition) is 2. The van der Waals surface area contributed by atoms with E-state index < -0.39 is 0 Å². The Hall–Kier alpha value is -2.36. The van der Waals surface area contributed by atoms with Crippen LogP contribution in [-0.2, 0) is 13.1 Å². The Morgan fingerprint density at radius 2 is 2.07 bits per heavy atom. The summed E-state index contributed by atoms with van der Waals surface area (Å²) < 4.78 is 8.04. The molecule has 160 valence electrons. The van der Waals surface area contributed by atoms with E-state index >= 15 is 0 Å². The molecule has 8 heteroatoms. The molecule has 30 heavy (non-hydrogen) atoms. The predicted molar refractivity (Wildman–Crippen MR) is 129 cm³/mol. The van der Waals surface area contributed by atoms with Crippen molar-refractivity contribution in [1.82, 2.24) is 25.2 Å². The van der Waals surface area contributed by atoms with Gasteiger partial charge in [0.05, 0.1) is 19.7 Å². The minimum absolute atomic E-state index is 0. The fourth-order valence-corrected chi connectivity index (χ4v) is 3.10. The number of pyridine rings is 1. The summed E-state index contributed by atoms with van der Waals surface area (Å²) >= 11 is 0. The molecule has 2 aromatic heterocycles. The smallest absolute Gasteiger partial charge is 0.191 e. The van der Waals surface area contributed by atoms with E-state index in [9.17, 15) is 0 Å². The van der Waals surface area contributed by atoms with Crippen molar-refractivity contribution in [2.75, 3.05) is 13.2 Å². The van der Waals surface area contributed by atoms with Gasteiger partial charge in [-0.15, -0.1) is 34.2 Å². The van der Waals surface area contributed by atoms with Crippen LogP contribution in [0.25, 0.3) is 5.65 Å². The van der Waals surface area contributed by atoms with Crippen LogP contribution >= 0.6 is 24.0 Å². The third kappa shape index (κ3) is 5.84. The number of fused-ring (bicyclic) bond motifs is 1. The van der Waals surface area contributed by atoms with Crippen LogP contribution in [0.2, 0.25) is 0 Å². The molecule has 1 fully saturated rings. The van der Waals surface area contributed by atoms with Crippen molar-refractivity contribution < 1.29 is 4.74 Å². The Bertz CT molecular complexity index is 998. The summed E-state index contributed by atoms with van der Waals surface area (Å²) in [6, 6.07) is 12.2. The van der Waals surface area contributed by atoms with Crippen molar-refractivity contribution in [2.45, 2.75) is 39.8 Å². The number of aromatic nitrogens is 3. The summed E-state index contributed by atoms with van der Waals surface area (Å²) in [5, 5.41) is 15.1. The van der Waals surface area contributed by atoms with E-state index in [-0.39, 0.29) is 24.0 Å². The van der Waals surface area contributed by atoms with Gasteiger partial charge in [0.2, 0.25) is 0 Å². The lowest BCUT2D eigenvalue weighted by Gasteiger charge is -2.13. The molecular weight excluding hydrogens is 491 g/mol. The summed E-state index contributed by atoms with van der Waals surface area (Å²) in [5.41, 5.74) is 3.14. The highest BCUT2D eigenvalue weighted by atomic mass is 127. The maximum Gasteiger partial charge on any atom is 0.191 e. The van der Waals surface area contributed by atoms with Gasteiger partial charge in [0.1, 0.15) is 5.75 Å². The van der Waals surface area contributed by atoms with Crippen LogP contribution in [0.5, 0.6) is 5.75 Å². The molecule has 2 N–H and O–H groups in total. The number of nitrogens with one attached hydrogen (secondary N) is 2. The first-order valence-electron chi connectivity index (χ1n) is 10.3. The molecule has 0 saturated heterocycles. The fraction of sp³-hybridized carbons (Fsp3) is 0.409. The van der Waals surface area contributed by atoms with Crippen LogP contribution in [0.3, 0.4) is 0 Å². The molecule has 0 aliphatic heterocycles. The quantitative estimate of drug-likeness (QED) is 0.269. The van der Waals surface area contributed by atoms with Gasteiger partial charge >= 0.3 is 0 Å². The normalized spacial score (nSPS) is 13.7. The molecule has 0 unspecified atom stereocenters. The molecule has 0 bridgehead atoms. The molecule has 3 aromatic rings. The van der Waals surface area contributed by atoms with E-state index in [4.69, 9.17) is 9.73 Å². The lowest BCUT2D eigenvalue weighted by molar-refractivity contribution is 0.296. The number of benzene rings is 1. The van der Waals surface area contributed by atoms with E-state index in [1.165, 1.54) is 18.4 Å². The topological polar surface area (TPSA) is 75.8 Å². The Morgan fingerprint density at radius 3 is 2.87 bits per heavy atom.